The number of ether oxygens (including phenoxy) is 1. The van der Waals surface area contributed by atoms with E-state index in [9.17, 15) is 13.8 Å². The normalized spacial score (nSPS) is 18.7. The molecule has 3 aromatic rings. The molecular formula is C31H32N2O4S. The fraction of sp³-hybridized carbons (Fsp3) is 0.226. The van der Waals surface area contributed by atoms with Gasteiger partial charge < -0.3 is 4.74 Å². The quantitative estimate of drug-likeness (QED) is 0.212. The summed E-state index contributed by atoms with van der Waals surface area (Å²) < 4.78 is 20.7. The van der Waals surface area contributed by atoms with Crippen LogP contribution in [0.4, 0.5) is 11.4 Å². The van der Waals surface area contributed by atoms with Gasteiger partial charge in [0.1, 0.15) is 11.0 Å². The zero-order valence-corrected chi connectivity index (χ0v) is 22.7. The molecular weight excluding hydrogens is 496 g/mol. The number of hydrogen-bond acceptors (Lipinski definition) is 4. The number of esters is 1. The van der Waals surface area contributed by atoms with Crippen molar-refractivity contribution in [1.82, 2.24) is 4.31 Å². The molecule has 0 aromatic heterocycles. The average Bonchev–Trinajstić information content (AvgIpc) is 3.27. The number of nitrogens with zero attached hydrogens (tertiary/aromatic N) is 2. The molecule has 1 saturated heterocycles. The molecule has 7 heteroatoms. The second kappa shape index (κ2) is 12.2. The first kappa shape index (κ1) is 27.2. The fourth-order valence-corrected chi connectivity index (χ4v) is 6.11. The maximum absolute atomic E-state index is 14.4. The molecule has 1 aliphatic rings. The van der Waals surface area contributed by atoms with Gasteiger partial charge in [0.25, 0.3) is 0 Å². The van der Waals surface area contributed by atoms with Crippen LogP contribution in [-0.2, 0) is 25.3 Å². The number of benzene rings is 3. The van der Waals surface area contributed by atoms with Crippen molar-refractivity contribution in [3.05, 3.63) is 114 Å². The van der Waals surface area contributed by atoms with Crippen LogP contribution >= 0.6 is 0 Å². The molecule has 0 bridgehead atoms. The van der Waals surface area contributed by atoms with Crippen LogP contribution in [0.1, 0.15) is 19.4 Å². The van der Waals surface area contributed by atoms with Gasteiger partial charge in [-0.3, -0.25) is 9.69 Å². The van der Waals surface area contributed by atoms with Crippen molar-refractivity contribution >= 4 is 34.2 Å². The van der Waals surface area contributed by atoms with Crippen LogP contribution < -0.4 is 4.90 Å². The summed E-state index contributed by atoms with van der Waals surface area (Å²) in [5, 5.41) is 0. The highest BCUT2D eigenvalue weighted by molar-refractivity contribution is 7.82. The number of carbonyl (C=O) groups is 2. The minimum atomic E-state index is -1.59. The fourth-order valence-electron chi connectivity index (χ4n) is 4.69. The minimum absolute atomic E-state index is 0.211. The van der Waals surface area contributed by atoms with E-state index < -0.39 is 28.9 Å². The Hall–Kier alpha value is -3.81. The van der Waals surface area contributed by atoms with Gasteiger partial charge in [-0.15, -0.1) is 0 Å². The molecule has 1 heterocycles. The summed E-state index contributed by atoms with van der Waals surface area (Å²) in [5.74, 6) is -1.45. The van der Waals surface area contributed by atoms with Crippen molar-refractivity contribution in [2.24, 2.45) is 5.92 Å². The molecule has 3 atom stereocenters. The lowest BCUT2D eigenvalue weighted by molar-refractivity contribution is -0.137. The lowest BCUT2D eigenvalue weighted by atomic mass is 9.90. The molecule has 0 saturated carbocycles. The van der Waals surface area contributed by atoms with Crippen LogP contribution in [0, 0.1) is 12.8 Å². The number of para-hydroxylation sites is 2. The highest BCUT2D eigenvalue weighted by Gasteiger charge is 2.47. The van der Waals surface area contributed by atoms with E-state index in [4.69, 9.17) is 4.74 Å². The molecule has 3 aromatic carbocycles. The topological polar surface area (TPSA) is 66.9 Å². The van der Waals surface area contributed by atoms with Gasteiger partial charge >= 0.3 is 5.97 Å². The standard InChI is InChI=1S/C31H32N2O4S/c1-5-37-28(34)20-23(3)30-29(24(4)21-32(30)38(36)27-18-16-22(2)17-19-27)31(35)33(25-12-8-6-9-13-25)26-14-10-7-11-15-26/h6-20,29-30H,4-5,21H2,1-3H3/b23-20+/t29-,30+,38+/m1/s1. The van der Waals surface area contributed by atoms with Crippen molar-refractivity contribution in [1.29, 1.82) is 0 Å². The lowest BCUT2D eigenvalue weighted by Crippen LogP contribution is -2.42. The SMILES string of the molecule is C=C1CN([S@@](=O)c2ccc(C)cc2)[C@@H](/C(C)=C/C(=O)OCC)[C@@H]1C(=O)N(c1ccccc1)c1ccccc1. The van der Waals surface area contributed by atoms with Gasteiger partial charge in [-0.2, -0.15) is 0 Å². The molecule has 6 nitrogen and oxygen atoms in total. The molecule has 4 rings (SSSR count). The second-order valence-corrected chi connectivity index (χ2v) is 10.6. The van der Waals surface area contributed by atoms with E-state index in [0.717, 1.165) is 5.56 Å². The first-order valence-corrected chi connectivity index (χ1v) is 13.6. The maximum Gasteiger partial charge on any atom is 0.330 e. The van der Waals surface area contributed by atoms with Crippen LogP contribution in [0.5, 0.6) is 0 Å². The summed E-state index contributed by atoms with van der Waals surface area (Å²) in [6, 6.07) is 25.6. The number of hydrogen-bond donors (Lipinski definition) is 0. The first-order valence-electron chi connectivity index (χ1n) is 12.5. The summed E-state index contributed by atoms with van der Waals surface area (Å²) >= 11 is 0. The number of anilines is 2. The Balaban J connectivity index is 1.80. The van der Waals surface area contributed by atoms with Crippen LogP contribution in [0.3, 0.4) is 0 Å². The Morgan fingerprint density at radius 3 is 2.08 bits per heavy atom. The third-order valence-corrected chi connectivity index (χ3v) is 7.93. The van der Waals surface area contributed by atoms with Crippen molar-refractivity contribution in [2.75, 3.05) is 18.1 Å². The lowest BCUT2D eigenvalue weighted by Gasteiger charge is -2.31. The summed E-state index contributed by atoms with van der Waals surface area (Å²) in [5.41, 5.74) is 3.69. The van der Waals surface area contributed by atoms with Crippen LogP contribution in [-0.4, -0.2) is 39.6 Å². The monoisotopic (exact) mass is 528 g/mol. The maximum atomic E-state index is 14.4. The second-order valence-electron chi connectivity index (χ2n) is 9.20. The Bertz CT molecular complexity index is 1310. The predicted molar refractivity (Wildman–Crippen MR) is 151 cm³/mol. The van der Waals surface area contributed by atoms with Gasteiger partial charge in [0.2, 0.25) is 5.91 Å². The Morgan fingerprint density at radius 2 is 1.55 bits per heavy atom. The van der Waals surface area contributed by atoms with Crippen molar-refractivity contribution in [2.45, 2.75) is 31.7 Å². The number of aryl methyl sites for hydroxylation is 1. The Kier molecular flexibility index (Phi) is 8.71. The van der Waals surface area contributed by atoms with Crippen molar-refractivity contribution in [3.63, 3.8) is 0 Å². The molecule has 1 aliphatic heterocycles. The van der Waals surface area contributed by atoms with E-state index in [1.807, 2.05) is 91.9 Å². The summed E-state index contributed by atoms with van der Waals surface area (Å²) in [7, 11) is -1.59. The first-order chi connectivity index (χ1) is 18.3. The zero-order chi connectivity index (χ0) is 27.2. The highest BCUT2D eigenvalue weighted by atomic mass is 32.2. The van der Waals surface area contributed by atoms with Gasteiger partial charge in [0.05, 0.1) is 23.5 Å². The largest absolute Gasteiger partial charge is 0.463 e. The van der Waals surface area contributed by atoms with Gasteiger partial charge in [-0.05, 0) is 68.3 Å². The molecule has 0 unspecified atom stereocenters. The van der Waals surface area contributed by atoms with Gasteiger partial charge in [0, 0.05) is 24.0 Å². The van der Waals surface area contributed by atoms with Gasteiger partial charge in [0.15, 0.2) is 0 Å². The molecule has 1 amide bonds. The Morgan fingerprint density at radius 1 is 1.00 bits per heavy atom. The molecule has 0 aliphatic carbocycles. The average molecular weight is 529 g/mol. The highest BCUT2D eigenvalue weighted by Crippen LogP contribution is 2.39. The Labute approximate surface area is 226 Å². The van der Waals surface area contributed by atoms with Crippen LogP contribution in [0.15, 0.2) is 114 Å². The third-order valence-electron chi connectivity index (χ3n) is 6.47. The van der Waals surface area contributed by atoms with Gasteiger partial charge in [-0.1, -0.05) is 60.7 Å². The number of carbonyl (C=O) groups excluding carboxylic acids is 2. The number of amides is 1. The van der Waals surface area contributed by atoms with E-state index in [0.29, 0.717) is 27.4 Å². The van der Waals surface area contributed by atoms with E-state index >= 15 is 0 Å². The van der Waals surface area contributed by atoms with E-state index in [1.54, 1.807) is 23.1 Å². The summed E-state index contributed by atoms with van der Waals surface area (Å²) in [6.45, 7) is 10.2. The molecule has 0 N–H and O–H groups in total. The van der Waals surface area contributed by atoms with Crippen LogP contribution in [0.25, 0.3) is 0 Å². The molecule has 38 heavy (non-hydrogen) atoms. The van der Waals surface area contributed by atoms with Crippen molar-refractivity contribution in [3.8, 4) is 0 Å². The van der Waals surface area contributed by atoms with E-state index in [-0.39, 0.29) is 19.1 Å². The molecule has 0 spiro atoms. The van der Waals surface area contributed by atoms with Gasteiger partial charge in [-0.25, -0.2) is 13.3 Å². The summed E-state index contributed by atoms with van der Waals surface area (Å²) in [6.07, 6.45) is 1.39. The predicted octanol–water partition coefficient (Wildman–Crippen LogP) is 5.75. The third kappa shape index (κ3) is 5.85. The minimum Gasteiger partial charge on any atom is -0.463 e. The van der Waals surface area contributed by atoms with Crippen molar-refractivity contribution < 1.29 is 18.5 Å². The smallest absolute Gasteiger partial charge is 0.330 e. The zero-order valence-electron chi connectivity index (χ0n) is 21.9. The number of rotatable bonds is 8. The molecule has 196 valence electrons. The molecule has 1 fully saturated rings. The van der Waals surface area contributed by atoms with Crippen LogP contribution in [0.2, 0.25) is 0 Å². The summed E-state index contributed by atoms with van der Waals surface area (Å²) in [4.78, 5) is 29.1. The van der Waals surface area contributed by atoms with E-state index in [2.05, 4.69) is 6.58 Å². The van der Waals surface area contributed by atoms with E-state index in [1.165, 1.54) is 6.08 Å². The molecule has 0 radical (unpaired) electrons.